The van der Waals surface area contributed by atoms with Crippen LogP contribution < -0.4 is 0 Å². The molecule has 1 saturated heterocycles. The Morgan fingerprint density at radius 1 is 0.774 bits per heavy atom. The Bertz CT molecular complexity index is 1160. The van der Waals surface area contributed by atoms with Crippen LogP contribution in [0.25, 0.3) is 0 Å². The molecule has 1 aliphatic heterocycles. The molecule has 0 aromatic rings. The highest BCUT2D eigenvalue weighted by atomic mass is 31.2. The molecule has 0 aromatic carbocycles. The molecule has 310 valence electrons. The molecule has 1 heterocycles. The third kappa shape index (κ3) is 9.49. The molecule has 0 aromatic heterocycles. The van der Waals surface area contributed by atoms with E-state index in [-0.39, 0.29) is 13.0 Å². The second kappa shape index (κ2) is 19.2. The molecule has 12 atom stereocenters. The van der Waals surface area contributed by atoms with Crippen LogP contribution >= 0.6 is 7.60 Å². The van der Waals surface area contributed by atoms with Gasteiger partial charge in [-0.3, -0.25) is 4.57 Å². The van der Waals surface area contributed by atoms with Crippen molar-refractivity contribution >= 4 is 7.60 Å². The summed E-state index contributed by atoms with van der Waals surface area (Å²) in [5.41, 5.74) is -0.820. The van der Waals surface area contributed by atoms with Crippen LogP contribution in [0.3, 0.4) is 0 Å². The van der Waals surface area contributed by atoms with Crippen molar-refractivity contribution in [3.8, 4) is 0 Å². The van der Waals surface area contributed by atoms with Gasteiger partial charge in [0.15, 0.2) is 6.29 Å². The van der Waals surface area contributed by atoms with Gasteiger partial charge in [-0.15, -0.1) is 0 Å². The minimum absolute atomic E-state index is 0.265. The fourth-order valence-corrected chi connectivity index (χ4v) is 15.6. The van der Waals surface area contributed by atoms with E-state index >= 15 is 0 Å². The number of hydrogen-bond acceptors (Lipinski definition) is 5. The largest absolute Gasteiger partial charge is 0.394 e. The van der Waals surface area contributed by atoms with Crippen LogP contribution in [0.1, 0.15) is 208 Å². The number of fused-ring (bicyclic) bond motifs is 5. The summed E-state index contributed by atoms with van der Waals surface area (Å²) in [5, 5.41) is 19.3. The third-order valence-electron chi connectivity index (χ3n) is 16.7. The summed E-state index contributed by atoms with van der Waals surface area (Å²) in [5.74, 6) is 3.01. The lowest BCUT2D eigenvalue weighted by Crippen LogP contribution is -2.65. The molecule has 5 rings (SSSR count). The highest BCUT2D eigenvalue weighted by Crippen LogP contribution is 2.77. The number of aliphatic hydroxyl groups excluding tert-OH is 2. The van der Waals surface area contributed by atoms with E-state index in [1.54, 1.807) is 0 Å². The van der Waals surface area contributed by atoms with Crippen molar-refractivity contribution in [3.05, 3.63) is 0 Å². The Morgan fingerprint density at radius 2 is 1.40 bits per heavy atom. The van der Waals surface area contributed by atoms with Crippen LogP contribution in [-0.4, -0.2) is 55.9 Å². The maximum absolute atomic E-state index is 14.1. The summed E-state index contributed by atoms with van der Waals surface area (Å²) >= 11 is 0. The molecule has 7 nitrogen and oxygen atoms in total. The normalized spacial score (nSPS) is 40.5. The SMILES string of the molecule is CCCCCCCCCCCCCCCCC1(OC2C[C@H](O)[C@@H](CO)O2)CC[C@]2(C)C3CC[C@@]4(C)C(CC[C@@H]4[C@H](C)CCC)C3CCC2(P(=O)(O)O)C1. The molecule has 5 aliphatic rings. The lowest BCUT2D eigenvalue weighted by atomic mass is 9.43. The molecule has 4 saturated carbocycles. The van der Waals surface area contributed by atoms with Gasteiger partial charge in [0.05, 0.1) is 23.5 Å². The zero-order chi connectivity index (χ0) is 38.3. The molecular weight excluding hydrogens is 683 g/mol. The predicted molar refractivity (Wildman–Crippen MR) is 216 cm³/mol. The number of hydrogen-bond donors (Lipinski definition) is 4. The Hall–Kier alpha value is -0.0100. The van der Waals surface area contributed by atoms with Crippen molar-refractivity contribution in [2.45, 2.75) is 237 Å². The first-order valence-electron chi connectivity index (χ1n) is 23.0. The smallest absolute Gasteiger partial charge is 0.332 e. The number of rotatable bonds is 22. The van der Waals surface area contributed by atoms with E-state index < -0.39 is 42.3 Å². The van der Waals surface area contributed by atoms with Gasteiger partial charge in [0, 0.05) is 6.42 Å². The van der Waals surface area contributed by atoms with Crippen LogP contribution in [0.2, 0.25) is 0 Å². The molecule has 4 N–H and O–H groups in total. The highest BCUT2D eigenvalue weighted by molar-refractivity contribution is 7.53. The predicted octanol–water partition coefficient (Wildman–Crippen LogP) is 11.5. The summed E-state index contributed by atoms with van der Waals surface area (Å²) in [4.78, 5) is 23.1. The monoisotopic (exact) mass is 767 g/mol. The van der Waals surface area contributed by atoms with E-state index in [1.165, 1.54) is 109 Å². The van der Waals surface area contributed by atoms with Crippen LogP contribution in [-0.2, 0) is 14.0 Å². The standard InChI is InChI=1S/C45H83O7P/c1-6-8-9-10-11-12-13-14-15-16-17-18-19-20-26-44(52-41-31-39(47)40(32-46)51-41)30-29-43(5)38-25-27-42(4)36(34(3)21-7-2)22-23-37(42)35(38)24-28-45(43,33-44)53(48,49)50/h34-41,46-47H,6-33H2,1-5H3,(H2,48,49,50)/t34-,35?,36-,37?,38?,39+,40-,41?,42-,43-,44?,45?/m1/s1. The van der Waals surface area contributed by atoms with E-state index in [2.05, 4.69) is 34.6 Å². The third-order valence-corrected chi connectivity index (χ3v) is 18.7. The van der Waals surface area contributed by atoms with Gasteiger partial charge in [0.2, 0.25) is 0 Å². The van der Waals surface area contributed by atoms with Crippen molar-refractivity contribution in [1.29, 1.82) is 0 Å². The topological polar surface area (TPSA) is 116 Å². The van der Waals surface area contributed by atoms with Crippen molar-refractivity contribution in [1.82, 2.24) is 0 Å². The first-order chi connectivity index (χ1) is 25.3. The van der Waals surface area contributed by atoms with E-state index in [1.807, 2.05) is 0 Å². The van der Waals surface area contributed by atoms with Crippen molar-refractivity contribution < 1.29 is 34.0 Å². The highest BCUT2D eigenvalue weighted by Gasteiger charge is 2.72. The van der Waals surface area contributed by atoms with Crippen LogP contribution in [0, 0.1) is 40.4 Å². The number of aliphatic hydroxyl groups is 2. The second-order valence-corrected chi connectivity index (χ2v) is 21.8. The van der Waals surface area contributed by atoms with E-state index in [0.717, 1.165) is 56.8 Å². The summed E-state index contributed by atoms with van der Waals surface area (Å²) in [7, 11) is -4.54. The van der Waals surface area contributed by atoms with Crippen LogP contribution in [0.5, 0.6) is 0 Å². The molecule has 0 spiro atoms. The van der Waals surface area contributed by atoms with Crippen LogP contribution in [0.15, 0.2) is 0 Å². The lowest BCUT2D eigenvalue weighted by Gasteiger charge is -2.67. The number of unbranched alkanes of at least 4 members (excludes halogenated alkanes) is 13. The van der Waals surface area contributed by atoms with Gasteiger partial charge in [-0.25, -0.2) is 0 Å². The zero-order valence-electron chi connectivity index (χ0n) is 34.9. The molecule has 0 radical (unpaired) electrons. The van der Waals surface area contributed by atoms with Crippen molar-refractivity contribution in [2.75, 3.05) is 6.61 Å². The molecule has 6 unspecified atom stereocenters. The second-order valence-electron chi connectivity index (χ2n) is 19.8. The maximum atomic E-state index is 14.1. The summed E-state index contributed by atoms with van der Waals surface area (Å²) in [6.07, 6.45) is 27.7. The van der Waals surface area contributed by atoms with E-state index in [4.69, 9.17) is 9.47 Å². The Morgan fingerprint density at radius 3 is 1.96 bits per heavy atom. The minimum atomic E-state index is -4.54. The molecular formula is C45H83O7P. The molecule has 4 aliphatic carbocycles. The average molecular weight is 767 g/mol. The summed E-state index contributed by atoms with van der Waals surface area (Å²) in [6.45, 7) is 11.6. The van der Waals surface area contributed by atoms with Gasteiger partial charge in [-0.2, -0.15) is 0 Å². The molecule has 8 heteroatoms. The van der Waals surface area contributed by atoms with Crippen LogP contribution in [0.4, 0.5) is 0 Å². The van der Waals surface area contributed by atoms with E-state index in [9.17, 15) is 24.6 Å². The molecule has 0 amide bonds. The average Bonchev–Trinajstić information content (AvgIpc) is 3.66. The number of ether oxygens (including phenoxy) is 2. The quantitative estimate of drug-likeness (QED) is 0.0640. The fourth-order valence-electron chi connectivity index (χ4n) is 13.8. The van der Waals surface area contributed by atoms with Gasteiger partial charge in [-0.1, -0.05) is 137 Å². The van der Waals surface area contributed by atoms with Crippen molar-refractivity contribution in [2.24, 2.45) is 40.4 Å². The zero-order valence-corrected chi connectivity index (χ0v) is 35.8. The Kier molecular flexibility index (Phi) is 15.9. The fraction of sp³-hybridized carbons (Fsp3) is 1.00. The first kappa shape index (κ1) is 44.1. The molecule has 0 bridgehead atoms. The lowest BCUT2D eigenvalue weighted by molar-refractivity contribution is -0.239. The Labute approximate surface area is 325 Å². The minimum Gasteiger partial charge on any atom is -0.394 e. The summed E-state index contributed by atoms with van der Waals surface area (Å²) in [6, 6.07) is 0. The van der Waals surface area contributed by atoms with Gasteiger partial charge >= 0.3 is 7.60 Å². The van der Waals surface area contributed by atoms with Gasteiger partial charge < -0.3 is 29.5 Å². The van der Waals surface area contributed by atoms with Gasteiger partial charge in [-0.05, 0) is 105 Å². The summed E-state index contributed by atoms with van der Waals surface area (Å²) < 4.78 is 27.1. The maximum Gasteiger partial charge on any atom is 0.332 e. The van der Waals surface area contributed by atoms with E-state index in [0.29, 0.717) is 36.0 Å². The molecule has 53 heavy (non-hydrogen) atoms. The van der Waals surface area contributed by atoms with Gasteiger partial charge in [0.25, 0.3) is 0 Å². The Balaban J connectivity index is 1.24. The molecule has 5 fully saturated rings. The first-order valence-corrected chi connectivity index (χ1v) is 24.6. The van der Waals surface area contributed by atoms with Gasteiger partial charge in [0.1, 0.15) is 6.10 Å². The van der Waals surface area contributed by atoms with Crippen molar-refractivity contribution in [3.63, 3.8) is 0 Å².